The molecule has 0 radical (unpaired) electrons. The third kappa shape index (κ3) is 3.96. The molecule has 0 aliphatic heterocycles. The number of rotatable bonds is 7. The molecule has 0 saturated carbocycles. The van der Waals surface area contributed by atoms with E-state index in [9.17, 15) is 4.79 Å². The normalized spacial score (nSPS) is 11.1. The first-order valence-electron chi connectivity index (χ1n) is 11.4. The quantitative estimate of drug-likeness (QED) is 0.341. The number of H-pyrrole nitrogens is 1. The highest BCUT2D eigenvalue weighted by atomic mass is 16.5. The Morgan fingerprint density at radius 2 is 1.76 bits per heavy atom. The number of aromatic nitrogens is 5. The van der Waals surface area contributed by atoms with E-state index in [1.807, 2.05) is 43.3 Å². The number of carbonyl (C=O) groups excluding carboxylic acids is 1. The van der Waals surface area contributed by atoms with E-state index in [1.165, 1.54) is 5.69 Å². The van der Waals surface area contributed by atoms with E-state index >= 15 is 0 Å². The lowest BCUT2D eigenvalue weighted by Crippen LogP contribution is -2.10. The van der Waals surface area contributed by atoms with Gasteiger partial charge in [0, 0.05) is 23.2 Å². The zero-order chi connectivity index (χ0) is 23.5. The summed E-state index contributed by atoms with van der Waals surface area (Å²) in [7, 11) is 0. The van der Waals surface area contributed by atoms with Crippen molar-refractivity contribution in [3.63, 3.8) is 0 Å². The van der Waals surface area contributed by atoms with Crippen molar-refractivity contribution in [1.29, 1.82) is 0 Å². The van der Waals surface area contributed by atoms with Crippen LogP contribution in [0, 0.1) is 0 Å². The number of fused-ring (bicyclic) bond motifs is 1. The van der Waals surface area contributed by atoms with Gasteiger partial charge in [0.25, 0.3) is 0 Å². The highest BCUT2D eigenvalue weighted by Gasteiger charge is 2.17. The minimum absolute atomic E-state index is 0.288. The number of aromatic amines is 1. The number of tetrazole rings is 1. The summed E-state index contributed by atoms with van der Waals surface area (Å²) in [5.74, 6) is 0.279. The van der Waals surface area contributed by atoms with Crippen LogP contribution in [0.5, 0.6) is 0 Å². The van der Waals surface area contributed by atoms with Gasteiger partial charge in [0.15, 0.2) is 0 Å². The summed E-state index contributed by atoms with van der Waals surface area (Å²) in [5.41, 5.74) is 6.89. The van der Waals surface area contributed by atoms with Crippen LogP contribution in [0.15, 0.2) is 72.8 Å². The molecule has 0 fully saturated rings. The number of aryl methyl sites for hydroxylation is 1. The summed E-state index contributed by atoms with van der Waals surface area (Å²) in [5, 5.41) is 15.5. The van der Waals surface area contributed by atoms with Gasteiger partial charge in [-0.05, 0) is 47.4 Å². The Bertz CT molecular complexity index is 1440. The van der Waals surface area contributed by atoms with E-state index in [1.54, 1.807) is 0 Å². The van der Waals surface area contributed by atoms with Crippen LogP contribution in [0.4, 0.5) is 0 Å². The third-order valence-corrected chi connectivity index (χ3v) is 5.98. The lowest BCUT2D eigenvalue weighted by atomic mass is 9.98. The predicted octanol–water partition coefficient (Wildman–Crippen LogP) is 5.28. The van der Waals surface area contributed by atoms with Gasteiger partial charge in [-0.2, -0.15) is 5.21 Å². The molecule has 34 heavy (non-hydrogen) atoms. The second kappa shape index (κ2) is 9.31. The number of nitrogens with zero attached hydrogens (tertiary/aromatic N) is 4. The number of benzene rings is 3. The minimum Gasteiger partial charge on any atom is -0.462 e. The Labute approximate surface area is 197 Å². The molecule has 7 nitrogen and oxygen atoms in total. The van der Waals surface area contributed by atoms with Crippen LogP contribution in [0.25, 0.3) is 33.4 Å². The fourth-order valence-corrected chi connectivity index (χ4v) is 4.41. The van der Waals surface area contributed by atoms with Crippen molar-refractivity contribution in [2.75, 3.05) is 6.61 Å². The molecule has 1 N–H and O–H groups in total. The molecule has 170 valence electrons. The van der Waals surface area contributed by atoms with Crippen molar-refractivity contribution in [1.82, 2.24) is 25.2 Å². The van der Waals surface area contributed by atoms with E-state index in [2.05, 4.69) is 68.5 Å². The molecule has 0 aliphatic carbocycles. The summed E-state index contributed by atoms with van der Waals surface area (Å²) < 4.78 is 7.55. The largest absolute Gasteiger partial charge is 0.462 e. The Morgan fingerprint density at radius 1 is 0.971 bits per heavy atom. The van der Waals surface area contributed by atoms with Crippen LogP contribution >= 0.6 is 0 Å². The molecule has 0 bridgehead atoms. The summed E-state index contributed by atoms with van der Waals surface area (Å²) in [6, 6.07) is 24.4. The van der Waals surface area contributed by atoms with Crippen LogP contribution in [-0.2, 0) is 17.7 Å². The molecule has 0 amide bonds. The summed E-state index contributed by atoms with van der Waals surface area (Å²) in [6.07, 6.45) is 0.868. The molecular weight excluding hydrogens is 426 g/mol. The van der Waals surface area contributed by atoms with E-state index in [4.69, 9.17) is 4.74 Å². The van der Waals surface area contributed by atoms with Crippen LogP contribution in [0.2, 0.25) is 0 Å². The van der Waals surface area contributed by atoms with Gasteiger partial charge in [-0.25, -0.2) is 4.79 Å². The predicted molar refractivity (Wildman–Crippen MR) is 131 cm³/mol. The van der Waals surface area contributed by atoms with Gasteiger partial charge in [-0.3, -0.25) is 0 Å². The Hall–Kier alpha value is -4.26. The van der Waals surface area contributed by atoms with E-state index in [0.717, 1.165) is 39.6 Å². The lowest BCUT2D eigenvalue weighted by molar-refractivity contribution is 0.0528. The number of hydrogen-bond donors (Lipinski definition) is 1. The van der Waals surface area contributed by atoms with E-state index < -0.39 is 0 Å². The van der Waals surface area contributed by atoms with Crippen molar-refractivity contribution in [3.8, 4) is 22.5 Å². The van der Waals surface area contributed by atoms with Gasteiger partial charge < -0.3 is 9.30 Å². The molecule has 0 unspecified atom stereocenters. The summed E-state index contributed by atoms with van der Waals surface area (Å²) in [4.78, 5) is 12.6. The van der Waals surface area contributed by atoms with Gasteiger partial charge in [0.05, 0.1) is 17.7 Å². The standard InChI is InChI=1S/C27H25N5O2/c1-3-21-16-20-8-7-11-24(27(33)34-4-2)25(20)32(21)17-18-12-14-19(15-13-18)22-9-5-6-10-23(22)26-28-30-31-29-26/h5-16H,3-4,17H2,1-2H3,(H,28,29,30,31). The van der Waals surface area contributed by atoms with Gasteiger partial charge in [0.2, 0.25) is 5.82 Å². The second-order valence-corrected chi connectivity index (χ2v) is 8.02. The molecule has 2 aromatic heterocycles. The molecule has 3 aromatic carbocycles. The Morgan fingerprint density at radius 3 is 2.47 bits per heavy atom. The Kier molecular flexibility index (Phi) is 5.91. The van der Waals surface area contributed by atoms with Gasteiger partial charge in [0.1, 0.15) is 0 Å². The molecule has 0 atom stereocenters. The first-order chi connectivity index (χ1) is 16.7. The zero-order valence-corrected chi connectivity index (χ0v) is 19.2. The molecule has 0 spiro atoms. The van der Waals surface area contributed by atoms with Crippen molar-refractivity contribution >= 4 is 16.9 Å². The molecule has 0 saturated heterocycles. The van der Waals surface area contributed by atoms with E-state index in [0.29, 0.717) is 24.5 Å². The highest BCUT2D eigenvalue weighted by Crippen LogP contribution is 2.31. The van der Waals surface area contributed by atoms with Crippen molar-refractivity contribution in [2.45, 2.75) is 26.8 Å². The molecular formula is C27H25N5O2. The second-order valence-electron chi connectivity index (χ2n) is 8.02. The van der Waals surface area contributed by atoms with Crippen LogP contribution in [-0.4, -0.2) is 37.8 Å². The topological polar surface area (TPSA) is 85.7 Å². The molecule has 7 heteroatoms. The first kappa shape index (κ1) is 21.6. The number of para-hydroxylation sites is 1. The maximum Gasteiger partial charge on any atom is 0.340 e. The molecule has 5 aromatic rings. The highest BCUT2D eigenvalue weighted by molar-refractivity contribution is 6.03. The van der Waals surface area contributed by atoms with Crippen LogP contribution in [0.3, 0.4) is 0 Å². The monoisotopic (exact) mass is 451 g/mol. The number of hydrogen-bond acceptors (Lipinski definition) is 5. The maximum absolute atomic E-state index is 12.6. The van der Waals surface area contributed by atoms with Gasteiger partial charge in [-0.1, -0.05) is 67.6 Å². The lowest BCUT2D eigenvalue weighted by Gasteiger charge is -2.13. The third-order valence-electron chi connectivity index (χ3n) is 5.98. The summed E-state index contributed by atoms with van der Waals surface area (Å²) in [6.45, 7) is 4.97. The fourth-order valence-electron chi connectivity index (χ4n) is 4.41. The zero-order valence-electron chi connectivity index (χ0n) is 19.2. The van der Waals surface area contributed by atoms with Crippen LogP contribution < -0.4 is 0 Å². The van der Waals surface area contributed by atoms with Crippen molar-refractivity contribution in [2.24, 2.45) is 0 Å². The average Bonchev–Trinajstić information content (AvgIpc) is 3.53. The number of nitrogens with one attached hydrogen (secondary N) is 1. The number of carbonyl (C=O) groups is 1. The van der Waals surface area contributed by atoms with Gasteiger partial charge >= 0.3 is 5.97 Å². The van der Waals surface area contributed by atoms with Crippen LogP contribution in [0.1, 0.15) is 35.5 Å². The van der Waals surface area contributed by atoms with E-state index in [-0.39, 0.29) is 5.97 Å². The maximum atomic E-state index is 12.6. The minimum atomic E-state index is -0.288. The number of esters is 1. The van der Waals surface area contributed by atoms with Crippen molar-refractivity contribution < 1.29 is 9.53 Å². The smallest absolute Gasteiger partial charge is 0.340 e. The Balaban J connectivity index is 1.51. The molecule has 5 rings (SSSR count). The fraction of sp³-hybridized carbons (Fsp3) is 0.185. The molecule has 0 aliphatic rings. The molecule has 2 heterocycles. The first-order valence-corrected chi connectivity index (χ1v) is 11.4. The number of ether oxygens (including phenoxy) is 1. The average molecular weight is 452 g/mol. The SMILES string of the molecule is CCOC(=O)c1cccc2cc(CC)n(Cc3ccc(-c4ccccc4-c4nn[nH]n4)cc3)c12. The van der Waals surface area contributed by atoms with Crippen molar-refractivity contribution in [3.05, 3.63) is 89.6 Å². The summed E-state index contributed by atoms with van der Waals surface area (Å²) >= 11 is 0. The van der Waals surface area contributed by atoms with Gasteiger partial charge in [-0.15, -0.1) is 10.2 Å².